The van der Waals surface area contributed by atoms with E-state index in [1.54, 1.807) is 0 Å². The van der Waals surface area contributed by atoms with Crippen LogP contribution in [0, 0.1) is 13.8 Å². The number of ether oxygens (including phenoxy) is 1. The van der Waals surface area contributed by atoms with E-state index in [0.717, 1.165) is 22.2 Å². The molecular formula is C17H18BrNO. The third-order valence-corrected chi connectivity index (χ3v) is 4.50. The molecule has 2 aromatic rings. The first-order chi connectivity index (χ1) is 9.54. The zero-order valence-electron chi connectivity index (χ0n) is 11.7. The lowest BCUT2D eigenvalue weighted by Gasteiger charge is -2.31. The van der Waals surface area contributed by atoms with Crippen LogP contribution < -0.4 is 10.5 Å². The molecular weight excluding hydrogens is 314 g/mol. The highest BCUT2D eigenvalue weighted by Crippen LogP contribution is 2.40. The highest BCUT2D eigenvalue weighted by atomic mass is 79.9. The Balaban J connectivity index is 1.94. The van der Waals surface area contributed by atoms with Gasteiger partial charge in [0.1, 0.15) is 11.9 Å². The number of halogens is 1. The summed E-state index contributed by atoms with van der Waals surface area (Å²) in [5.41, 5.74) is 11.2. The minimum absolute atomic E-state index is 0.0165. The Morgan fingerprint density at radius 3 is 2.65 bits per heavy atom. The SMILES string of the molecule is Cc1ccc(C2CC(N)c3cc(Br)ccc3O2)cc1C. The first-order valence-electron chi connectivity index (χ1n) is 6.83. The average Bonchev–Trinajstić information content (AvgIpc) is 2.42. The molecule has 3 heteroatoms. The molecule has 0 amide bonds. The molecule has 0 radical (unpaired) electrons. The maximum absolute atomic E-state index is 6.31. The van der Waals surface area contributed by atoms with Gasteiger partial charge in [0.25, 0.3) is 0 Å². The Hall–Kier alpha value is -1.32. The van der Waals surface area contributed by atoms with Gasteiger partial charge in [0.2, 0.25) is 0 Å². The number of nitrogens with two attached hydrogens (primary N) is 1. The van der Waals surface area contributed by atoms with Gasteiger partial charge in [-0.3, -0.25) is 0 Å². The van der Waals surface area contributed by atoms with Crippen LogP contribution >= 0.6 is 15.9 Å². The van der Waals surface area contributed by atoms with E-state index in [2.05, 4.69) is 54.0 Å². The Morgan fingerprint density at radius 2 is 1.90 bits per heavy atom. The molecule has 20 heavy (non-hydrogen) atoms. The molecule has 1 heterocycles. The Kier molecular flexibility index (Phi) is 3.57. The van der Waals surface area contributed by atoms with Crippen molar-refractivity contribution in [3.8, 4) is 5.75 Å². The standard InChI is InChI=1S/C17H18BrNO/c1-10-3-4-12(7-11(10)2)17-9-15(19)14-8-13(18)5-6-16(14)20-17/h3-8,15,17H,9,19H2,1-2H3. The quantitative estimate of drug-likeness (QED) is 0.829. The molecule has 0 saturated heterocycles. The van der Waals surface area contributed by atoms with Crippen LogP contribution in [-0.2, 0) is 0 Å². The predicted molar refractivity (Wildman–Crippen MR) is 85.0 cm³/mol. The van der Waals surface area contributed by atoms with Gasteiger partial charge in [-0.1, -0.05) is 34.1 Å². The summed E-state index contributed by atoms with van der Waals surface area (Å²) in [7, 11) is 0. The van der Waals surface area contributed by atoms with E-state index in [9.17, 15) is 0 Å². The molecule has 0 spiro atoms. The van der Waals surface area contributed by atoms with Gasteiger partial charge in [-0.05, 0) is 48.7 Å². The van der Waals surface area contributed by atoms with E-state index < -0.39 is 0 Å². The summed E-state index contributed by atoms with van der Waals surface area (Å²) in [6.45, 7) is 4.26. The third kappa shape index (κ3) is 2.48. The van der Waals surface area contributed by atoms with Crippen molar-refractivity contribution in [2.75, 3.05) is 0 Å². The fraction of sp³-hybridized carbons (Fsp3) is 0.294. The third-order valence-electron chi connectivity index (χ3n) is 4.01. The van der Waals surface area contributed by atoms with Crippen molar-refractivity contribution in [3.05, 3.63) is 63.1 Å². The van der Waals surface area contributed by atoms with Crippen LogP contribution in [0.25, 0.3) is 0 Å². The molecule has 0 saturated carbocycles. The first-order valence-corrected chi connectivity index (χ1v) is 7.63. The second kappa shape index (κ2) is 5.23. The second-order valence-electron chi connectivity index (χ2n) is 5.47. The Labute approximate surface area is 128 Å². The minimum atomic E-state index is 0.0165. The van der Waals surface area contributed by atoms with Crippen molar-refractivity contribution in [1.82, 2.24) is 0 Å². The van der Waals surface area contributed by atoms with Gasteiger partial charge < -0.3 is 10.5 Å². The average molecular weight is 332 g/mol. The summed E-state index contributed by atoms with van der Waals surface area (Å²) >= 11 is 3.48. The molecule has 2 aromatic carbocycles. The maximum Gasteiger partial charge on any atom is 0.126 e. The van der Waals surface area contributed by atoms with Crippen molar-refractivity contribution in [2.24, 2.45) is 5.73 Å². The van der Waals surface area contributed by atoms with Crippen molar-refractivity contribution < 1.29 is 4.74 Å². The van der Waals surface area contributed by atoms with Crippen molar-refractivity contribution in [1.29, 1.82) is 0 Å². The molecule has 0 fully saturated rings. The van der Waals surface area contributed by atoms with E-state index in [1.165, 1.54) is 16.7 Å². The van der Waals surface area contributed by atoms with Gasteiger partial charge >= 0.3 is 0 Å². The van der Waals surface area contributed by atoms with E-state index in [1.807, 2.05) is 12.1 Å². The van der Waals surface area contributed by atoms with E-state index >= 15 is 0 Å². The van der Waals surface area contributed by atoms with Gasteiger partial charge in [0.15, 0.2) is 0 Å². The van der Waals surface area contributed by atoms with Crippen LogP contribution in [0.1, 0.15) is 40.8 Å². The summed E-state index contributed by atoms with van der Waals surface area (Å²) < 4.78 is 7.18. The van der Waals surface area contributed by atoms with Crippen LogP contribution in [-0.4, -0.2) is 0 Å². The predicted octanol–water partition coefficient (Wildman–Crippen LogP) is 4.59. The molecule has 3 rings (SSSR count). The summed E-state index contributed by atoms with van der Waals surface area (Å²) in [5, 5.41) is 0. The molecule has 1 aliphatic rings. The van der Waals surface area contributed by atoms with Crippen molar-refractivity contribution in [3.63, 3.8) is 0 Å². The molecule has 2 nitrogen and oxygen atoms in total. The molecule has 0 aliphatic carbocycles. The highest BCUT2D eigenvalue weighted by molar-refractivity contribution is 9.10. The molecule has 1 aliphatic heterocycles. The van der Waals surface area contributed by atoms with Gasteiger partial charge in [0.05, 0.1) is 0 Å². The number of hydrogen-bond donors (Lipinski definition) is 1. The van der Waals surface area contributed by atoms with Crippen molar-refractivity contribution >= 4 is 15.9 Å². The van der Waals surface area contributed by atoms with E-state index in [4.69, 9.17) is 10.5 Å². The van der Waals surface area contributed by atoms with Gasteiger partial charge in [-0.2, -0.15) is 0 Å². The molecule has 0 aromatic heterocycles. The molecule has 104 valence electrons. The summed E-state index contributed by atoms with van der Waals surface area (Å²) in [6, 6.07) is 12.6. The topological polar surface area (TPSA) is 35.2 Å². The van der Waals surface area contributed by atoms with E-state index in [-0.39, 0.29) is 12.1 Å². The minimum Gasteiger partial charge on any atom is -0.485 e. The monoisotopic (exact) mass is 331 g/mol. The van der Waals surface area contributed by atoms with Crippen LogP contribution in [0.5, 0.6) is 5.75 Å². The molecule has 2 N–H and O–H groups in total. The van der Waals surface area contributed by atoms with Crippen LogP contribution in [0.15, 0.2) is 40.9 Å². The van der Waals surface area contributed by atoms with Gasteiger partial charge in [0, 0.05) is 22.5 Å². The Morgan fingerprint density at radius 1 is 1.10 bits per heavy atom. The zero-order chi connectivity index (χ0) is 14.3. The number of aryl methyl sites for hydroxylation is 2. The fourth-order valence-corrected chi connectivity index (χ4v) is 3.02. The number of fused-ring (bicyclic) bond motifs is 1. The number of rotatable bonds is 1. The van der Waals surface area contributed by atoms with Crippen molar-refractivity contribution in [2.45, 2.75) is 32.4 Å². The lowest BCUT2D eigenvalue weighted by atomic mass is 9.92. The number of benzene rings is 2. The first kappa shape index (κ1) is 13.7. The maximum atomic E-state index is 6.31. The highest BCUT2D eigenvalue weighted by Gasteiger charge is 2.27. The van der Waals surface area contributed by atoms with Crippen LogP contribution in [0.3, 0.4) is 0 Å². The van der Waals surface area contributed by atoms with Crippen LogP contribution in [0.2, 0.25) is 0 Å². The lowest BCUT2D eigenvalue weighted by Crippen LogP contribution is -2.24. The second-order valence-corrected chi connectivity index (χ2v) is 6.39. The van der Waals surface area contributed by atoms with Gasteiger partial charge in [-0.25, -0.2) is 0 Å². The zero-order valence-corrected chi connectivity index (χ0v) is 13.3. The smallest absolute Gasteiger partial charge is 0.126 e. The summed E-state index contributed by atoms with van der Waals surface area (Å²) in [6.07, 6.45) is 0.851. The van der Waals surface area contributed by atoms with E-state index in [0.29, 0.717) is 0 Å². The van der Waals surface area contributed by atoms with Gasteiger partial charge in [-0.15, -0.1) is 0 Å². The molecule has 0 bridgehead atoms. The molecule has 2 unspecified atom stereocenters. The summed E-state index contributed by atoms with van der Waals surface area (Å²) in [4.78, 5) is 0. The Bertz CT molecular complexity index is 653. The largest absolute Gasteiger partial charge is 0.485 e. The lowest BCUT2D eigenvalue weighted by molar-refractivity contribution is 0.161. The normalized spacial score (nSPS) is 21.2. The van der Waals surface area contributed by atoms with Crippen LogP contribution in [0.4, 0.5) is 0 Å². The fourth-order valence-electron chi connectivity index (χ4n) is 2.64. The molecule has 2 atom stereocenters. The summed E-state index contributed by atoms with van der Waals surface area (Å²) in [5.74, 6) is 0.898. The number of hydrogen-bond acceptors (Lipinski definition) is 2.